The van der Waals surface area contributed by atoms with Gasteiger partial charge in [-0.2, -0.15) is 0 Å². The predicted molar refractivity (Wildman–Crippen MR) is 62.7 cm³/mol. The van der Waals surface area contributed by atoms with Gasteiger partial charge in [-0.1, -0.05) is 20.8 Å². The van der Waals surface area contributed by atoms with Gasteiger partial charge in [-0.25, -0.2) is 0 Å². The molecule has 0 aromatic carbocycles. The Labute approximate surface area is 94.3 Å². The molecule has 1 aliphatic rings. The zero-order valence-corrected chi connectivity index (χ0v) is 11.2. The van der Waals surface area contributed by atoms with Crippen LogP contribution in [0.25, 0.3) is 0 Å². The van der Waals surface area contributed by atoms with E-state index in [2.05, 4.69) is 48.5 Å². The van der Waals surface area contributed by atoms with Crippen molar-refractivity contribution in [1.29, 1.82) is 0 Å². The lowest BCUT2D eigenvalue weighted by atomic mass is 9.79. The minimum Gasteiger partial charge on any atom is -0.349 e. The van der Waals surface area contributed by atoms with E-state index in [1.807, 2.05) is 0 Å². The molecule has 1 rings (SSSR count). The average molecular weight is 214 g/mol. The monoisotopic (exact) mass is 214 g/mol. The van der Waals surface area contributed by atoms with Crippen LogP contribution in [0, 0.1) is 17.8 Å². The Morgan fingerprint density at radius 1 is 0.867 bits per heavy atom. The van der Waals surface area contributed by atoms with Crippen molar-refractivity contribution >= 4 is 0 Å². The van der Waals surface area contributed by atoms with E-state index in [-0.39, 0.29) is 11.9 Å². The van der Waals surface area contributed by atoms with Gasteiger partial charge in [0, 0.05) is 5.92 Å². The number of hydrogen-bond donors (Lipinski definition) is 0. The molecule has 5 unspecified atom stereocenters. The quantitative estimate of drug-likeness (QED) is 0.665. The van der Waals surface area contributed by atoms with Gasteiger partial charge < -0.3 is 9.47 Å². The van der Waals surface area contributed by atoms with Gasteiger partial charge in [0.1, 0.15) is 0 Å². The lowest BCUT2D eigenvalue weighted by molar-refractivity contribution is -0.274. The second-order valence-corrected chi connectivity index (χ2v) is 6.02. The van der Waals surface area contributed by atoms with Crippen molar-refractivity contribution in [2.24, 2.45) is 17.8 Å². The van der Waals surface area contributed by atoms with E-state index in [0.29, 0.717) is 23.9 Å². The van der Waals surface area contributed by atoms with E-state index in [1.165, 1.54) is 0 Å². The zero-order valence-electron chi connectivity index (χ0n) is 11.2. The van der Waals surface area contributed by atoms with Crippen molar-refractivity contribution in [3.63, 3.8) is 0 Å². The van der Waals surface area contributed by atoms with Crippen molar-refractivity contribution in [3.8, 4) is 0 Å². The molecule has 1 aliphatic heterocycles. The van der Waals surface area contributed by atoms with Crippen LogP contribution < -0.4 is 0 Å². The van der Waals surface area contributed by atoms with Gasteiger partial charge >= 0.3 is 0 Å². The topological polar surface area (TPSA) is 18.5 Å². The van der Waals surface area contributed by atoms with Crippen molar-refractivity contribution < 1.29 is 9.47 Å². The highest BCUT2D eigenvalue weighted by atomic mass is 16.7. The molecule has 0 aromatic rings. The lowest BCUT2D eigenvalue weighted by Crippen LogP contribution is -2.47. The molecular formula is C13H26O2. The third-order valence-corrected chi connectivity index (χ3v) is 3.65. The normalized spacial score (nSPS) is 43.0. The first kappa shape index (κ1) is 13.0. The highest BCUT2D eigenvalue weighted by Crippen LogP contribution is 2.36. The Bertz CT molecular complexity index is 207. The first-order valence-corrected chi connectivity index (χ1v) is 6.05. The molecule has 2 nitrogen and oxygen atoms in total. The molecule has 2 heteroatoms. The standard InChI is InChI=1S/C13H26O2/c1-8-9(2)11(4)14-12(10(8)3)15-13(5,6)7/h8-12H,1-7H3. The van der Waals surface area contributed by atoms with Crippen LogP contribution in [-0.2, 0) is 9.47 Å². The van der Waals surface area contributed by atoms with E-state index in [4.69, 9.17) is 9.47 Å². The van der Waals surface area contributed by atoms with Gasteiger partial charge in [-0.3, -0.25) is 0 Å². The van der Waals surface area contributed by atoms with Crippen LogP contribution >= 0.6 is 0 Å². The van der Waals surface area contributed by atoms with Gasteiger partial charge in [0.05, 0.1) is 11.7 Å². The number of rotatable bonds is 1. The highest BCUT2D eigenvalue weighted by Gasteiger charge is 2.39. The van der Waals surface area contributed by atoms with Crippen LogP contribution in [0.1, 0.15) is 48.5 Å². The predicted octanol–water partition coefficient (Wildman–Crippen LogP) is 3.45. The summed E-state index contributed by atoms with van der Waals surface area (Å²) in [5.41, 5.74) is -0.126. The van der Waals surface area contributed by atoms with Crippen LogP contribution in [0.5, 0.6) is 0 Å². The zero-order chi connectivity index (χ0) is 11.8. The van der Waals surface area contributed by atoms with Crippen molar-refractivity contribution in [2.75, 3.05) is 0 Å². The second-order valence-electron chi connectivity index (χ2n) is 6.02. The van der Waals surface area contributed by atoms with Crippen LogP contribution in [0.4, 0.5) is 0 Å². The van der Waals surface area contributed by atoms with Crippen molar-refractivity contribution in [3.05, 3.63) is 0 Å². The molecule has 0 amide bonds. The van der Waals surface area contributed by atoms with Gasteiger partial charge in [-0.05, 0) is 39.5 Å². The first-order valence-electron chi connectivity index (χ1n) is 6.05. The summed E-state index contributed by atoms with van der Waals surface area (Å²) in [6.07, 6.45) is 0.245. The lowest BCUT2D eigenvalue weighted by Gasteiger charge is -2.44. The van der Waals surface area contributed by atoms with Crippen LogP contribution in [0.2, 0.25) is 0 Å². The molecule has 0 N–H and O–H groups in total. The SMILES string of the molecule is CC1OC(OC(C)(C)C)C(C)C(C)C1C. The molecule has 0 spiro atoms. The summed E-state index contributed by atoms with van der Waals surface area (Å²) >= 11 is 0. The molecule has 0 aliphatic carbocycles. The number of hydrogen-bond acceptors (Lipinski definition) is 2. The smallest absolute Gasteiger partial charge is 0.161 e. The maximum absolute atomic E-state index is 5.96. The molecule has 0 aromatic heterocycles. The fraction of sp³-hybridized carbons (Fsp3) is 1.00. The summed E-state index contributed by atoms with van der Waals surface area (Å²) in [6.45, 7) is 15.2. The summed E-state index contributed by atoms with van der Waals surface area (Å²) in [5, 5.41) is 0. The van der Waals surface area contributed by atoms with Gasteiger partial charge in [0.2, 0.25) is 0 Å². The summed E-state index contributed by atoms with van der Waals surface area (Å²) in [6, 6.07) is 0. The fourth-order valence-electron chi connectivity index (χ4n) is 2.10. The molecular weight excluding hydrogens is 188 g/mol. The molecule has 0 saturated carbocycles. The Hall–Kier alpha value is -0.0800. The molecule has 1 fully saturated rings. The number of ether oxygens (including phenoxy) is 2. The van der Waals surface area contributed by atoms with E-state index >= 15 is 0 Å². The average Bonchev–Trinajstić information content (AvgIpc) is 2.08. The van der Waals surface area contributed by atoms with E-state index in [9.17, 15) is 0 Å². The maximum atomic E-state index is 5.96. The van der Waals surface area contributed by atoms with Crippen molar-refractivity contribution in [1.82, 2.24) is 0 Å². The van der Waals surface area contributed by atoms with Gasteiger partial charge in [0.15, 0.2) is 6.29 Å². The summed E-state index contributed by atoms with van der Waals surface area (Å²) in [4.78, 5) is 0. The van der Waals surface area contributed by atoms with Crippen molar-refractivity contribution in [2.45, 2.75) is 66.5 Å². The Morgan fingerprint density at radius 2 is 1.40 bits per heavy atom. The fourth-order valence-corrected chi connectivity index (χ4v) is 2.10. The van der Waals surface area contributed by atoms with E-state index in [0.717, 1.165) is 0 Å². The minimum absolute atomic E-state index is 0.0498. The maximum Gasteiger partial charge on any atom is 0.161 e. The minimum atomic E-state index is -0.126. The summed E-state index contributed by atoms with van der Waals surface area (Å²) < 4.78 is 11.9. The largest absolute Gasteiger partial charge is 0.349 e. The second kappa shape index (κ2) is 4.42. The Morgan fingerprint density at radius 3 is 1.87 bits per heavy atom. The highest BCUT2D eigenvalue weighted by molar-refractivity contribution is 4.81. The molecule has 0 radical (unpaired) electrons. The first-order chi connectivity index (χ1) is 6.72. The molecule has 5 atom stereocenters. The Balaban J connectivity index is 2.67. The third-order valence-electron chi connectivity index (χ3n) is 3.65. The van der Waals surface area contributed by atoms with Crippen LogP contribution in [0.15, 0.2) is 0 Å². The molecule has 1 heterocycles. The molecule has 15 heavy (non-hydrogen) atoms. The molecule has 90 valence electrons. The van der Waals surface area contributed by atoms with Gasteiger partial charge in [-0.15, -0.1) is 0 Å². The van der Waals surface area contributed by atoms with Crippen LogP contribution in [-0.4, -0.2) is 18.0 Å². The van der Waals surface area contributed by atoms with Gasteiger partial charge in [0.25, 0.3) is 0 Å². The van der Waals surface area contributed by atoms with E-state index in [1.54, 1.807) is 0 Å². The molecule has 0 bridgehead atoms. The van der Waals surface area contributed by atoms with Crippen LogP contribution in [0.3, 0.4) is 0 Å². The van der Waals surface area contributed by atoms with E-state index < -0.39 is 0 Å². The molecule has 1 saturated heterocycles. The summed E-state index contributed by atoms with van der Waals surface area (Å²) in [7, 11) is 0. The summed E-state index contributed by atoms with van der Waals surface area (Å²) in [5.74, 6) is 1.73. The Kier molecular flexibility index (Phi) is 3.83. The third kappa shape index (κ3) is 3.18.